The van der Waals surface area contributed by atoms with Crippen molar-refractivity contribution in [3.05, 3.63) is 0 Å². The Balaban J connectivity index is 0. The molecule has 0 radical (unpaired) electrons. The minimum atomic E-state index is -0.623. The van der Waals surface area contributed by atoms with E-state index in [1.54, 1.807) is 0 Å². The molecule has 0 heterocycles. The predicted molar refractivity (Wildman–Crippen MR) is 202 cm³/mol. The number of hydrogen-bond donors (Lipinski definition) is 7. The highest BCUT2D eigenvalue weighted by Gasteiger charge is 2.32. The highest BCUT2D eigenvalue weighted by atomic mass is 16.6. The molecule has 0 spiro atoms. The molecule has 0 aliphatic rings. The zero-order valence-corrected chi connectivity index (χ0v) is 34.0. The molecule has 0 atom stereocenters. The molecule has 0 aromatic carbocycles. The standard InChI is InChI=1S/C21H44O12.C15H32O9/c22-1-5-26-9-13-30-17-21(18-31-14-10-27-6-2-23,19-32-15-11-28-7-3-24)20-33-16-12-29-8-4-25;16-1-4-19-7-9-22-13-15(24-12-11-21-6-3-18)14-23-10-8-20-5-2-17/h22-25H,1-20H2;15-18H,1-14H2. The van der Waals surface area contributed by atoms with Crippen molar-refractivity contribution in [1.29, 1.82) is 0 Å². The Hall–Kier alpha value is -0.840. The number of aliphatic hydroxyl groups is 7. The van der Waals surface area contributed by atoms with Gasteiger partial charge in [-0.25, -0.2) is 0 Å². The van der Waals surface area contributed by atoms with Crippen LogP contribution in [0.5, 0.6) is 0 Å². The number of rotatable bonds is 48. The molecule has 0 unspecified atom stereocenters. The van der Waals surface area contributed by atoms with Crippen LogP contribution in [0.3, 0.4) is 0 Å². The van der Waals surface area contributed by atoms with E-state index in [0.717, 1.165) is 0 Å². The maximum atomic E-state index is 8.79. The minimum Gasteiger partial charge on any atom is -0.394 e. The summed E-state index contributed by atoms with van der Waals surface area (Å²) in [6.45, 7) is 8.56. The van der Waals surface area contributed by atoms with Crippen molar-refractivity contribution in [2.24, 2.45) is 5.41 Å². The van der Waals surface area contributed by atoms with Crippen LogP contribution in [0.1, 0.15) is 0 Å². The second kappa shape index (κ2) is 51.3. The largest absolute Gasteiger partial charge is 0.394 e. The molecule has 0 aromatic heterocycles. The first kappa shape index (κ1) is 58.3. The van der Waals surface area contributed by atoms with Crippen LogP contribution >= 0.6 is 0 Å². The Labute approximate surface area is 338 Å². The molecule has 0 bridgehead atoms. The van der Waals surface area contributed by atoms with Gasteiger partial charge in [-0.3, -0.25) is 0 Å². The van der Waals surface area contributed by atoms with Gasteiger partial charge >= 0.3 is 0 Å². The summed E-state index contributed by atoms with van der Waals surface area (Å²) in [5.74, 6) is 0. The van der Waals surface area contributed by atoms with E-state index in [2.05, 4.69) is 0 Å². The van der Waals surface area contributed by atoms with E-state index >= 15 is 0 Å². The van der Waals surface area contributed by atoms with E-state index in [1.165, 1.54) is 0 Å². The van der Waals surface area contributed by atoms with Gasteiger partial charge < -0.3 is 102 Å². The molecule has 0 aliphatic carbocycles. The Morgan fingerprint density at radius 3 is 0.702 bits per heavy atom. The molecular weight excluding hydrogens is 768 g/mol. The second-order valence-corrected chi connectivity index (χ2v) is 11.7. The molecule has 0 aromatic rings. The molecule has 0 aliphatic heterocycles. The summed E-state index contributed by atoms with van der Waals surface area (Å²) in [6.07, 6.45) is -0.251. The predicted octanol–water partition coefficient (Wildman–Crippen LogP) is -3.49. The average molecular weight is 845 g/mol. The highest BCUT2D eigenvalue weighted by molar-refractivity contribution is 4.79. The maximum absolute atomic E-state index is 8.79. The van der Waals surface area contributed by atoms with Crippen molar-refractivity contribution in [2.75, 3.05) is 225 Å². The smallest absolute Gasteiger partial charge is 0.104 e. The van der Waals surface area contributed by atoms with E-state index < -0.39 is 5.41 Å². The van der Waals surface area contributed by atoms with Gasteiger partial charge in [0, 0.05) is 0 Å². The molecule has 7 N–H and O–H groups in total. The molecule has 21 nitrogen and oxygen atoms in total. The van der Waals surface area contributed by atoms with Crippen LogP contribution in [0.15, 0.2) is 0 Å². The minimum absolute atomic E-state index is 0.00817. The zero-order valence-electron chi connectivity index (χ0n) is 34.0. The lowest BCUT2D eigenvalue weighted by atomic mass is 9.92. The fraction of sp³-hybridized carbons (Fsp3) is 1.00. The maximum Gasteiger partial charge on any atom is 0.104 e. The van der Waals surface area contributed by atoms with Crippen LogP contribution in [0.25, 0.3) is 0 Å². The van der Waals surface area contributed by atoms with E-state index in [4.69, 9.17) is 102 Å². The third-order valence-electron chi connectivity index (χ3n) is 6.70. The summed E-state index contributed by atoms with van der Waals surface area (Å²) in [4.78, 5) is 0. The third kappa shape index (κ3) is 46.1. The third-order valence-corrected chi connectivity index (χ3v) is 6.70. The molecule has 0 saturated heterocycles. The van der Waals surface area contributed by atoms with Crippen molar-refractivity contribution >= 4 is 0 Å². The van der Waals surface area contributed by atoms with Crippen LogP contribution in [0.2, 0.25) is 0 Å². The van der Waals surface area contributed by atoms with Gasteiger partial charge in [0.1, 0.15) is 6.10 Å². The first-order valence-electron chi connectivity index (χ1n) is 19.5. The van der Waals surface area contributed by atoms with Crippen LogP contribution < -0.4 is 0 Å². The molecule has 21 heteroatoms. The summed E-state index contributed by atoms with van der Waals surface area (Å²) < 4.78 is 75.9. The highest BCUT2D eigenvalue weighted by Crippen LogP contribution is 2.21. The Morgan fingerprint density at radius 1 is 0.246 bits per heavy atom. The van der Waals surface area contributed by atoms with Gasteiger partial charge in [0.05, 0.1) is 230 Å². The lowest BCUT2D eigenvalue weighted by Crippen LogP contribution is -2.43. The first-order valence-corrected chi connectivity index (χ1v) is 19.5. The number of hydrogen-bond acceptors (Lipinski definition) is 21. The van der Waals surface area contributed by atoms with E-state index in [-0.39, 0.29) is 112 Å². The van der Waals surface area contributed by atoms with Crippen molar-refractivity contribution in [1.82, 2.24) is 0 Å². The quantitative estimate of drug-likeness (QED) is 0.0293. The zero-order chi connectivity index (χ0) is 42.0. The number of aliphatic hydroxyl groups excluding tert-OH is 7. The molecule has 0 saturated carbocycles. The van der Waals surface area contributed by atoms with Crippen LogP contribution in [-0.2, 0) is 66.3 Å². The van der Waals surface area contributed by atoms with Crippen LogP contribution in [0, 0.1) is 5.41 Å². The van der Waals surface area contributed by atoms with Crippen LogP contribution in [-0.4, -0.2) is 266 Å². The van der Waals surface area contributed by atoms with E-state index in [0.29, 0.717) is 119 Å². The molecular formula is C36H76O21. The molecule has 0 fully saturated rings. The molecule has 57 heavy (non-hydrogen) atoms. The van der Waals surface area contributed by atoms with Crippen molar-refractivity contribution in [3.8, 4) is 0 Å². The van der Waals surface area contributed by atoms with Gasteiger partial charge in [0.2, 0.25) is 0 Å². The summed E-state index contributed by atoms with van der Waals surface area (Å²) in [7, 11) is 0. The van der Waals surface area contributed by atoms with Crippen LogP contribution in [0.4, 0.5) is 0 Å². The Morgan fingerprint density at radius 2 is 0.456 bits per heavy atom. The van der Waals surface area contributed by atoms with Crippen molar-refractivity contribution < 1.29 is 102 Å². The van der Waals surface area contributed by atoms with Crippen molar-refractivity contribution in [2.45, 2.75) is 6.10 Å². The summed E-state index contributed by atoms with van der Waals surface area (Å²) in [6, 6.07) is 0. The van der Waals surface area contributed by atoms with Gasteiger partial charge in [-0.05, 0) is 0 Å². The SMILES string of the molecule is OCCOCCOCC(COCCOCCO)(COCCOCCO)COCCOCCO.OCCOCCOCC(COCCOCCO)OCCOCCO. The Bertz CT molecular complexity index is 632. The first-order chi connectivity index (χ1) is 28.1. The summed E-state index contributed by atoms with van der Waals surface area (Å²) in [5.41, 5.74) is -0.623. The lowest BCUT2D eigenvalue weighted by molar-refractivity contribution is -0.122. The summed E-state index contributed by atoms with van der Waals surface area (Å²) >= 11 is 0. The average Bonchev–Trinajstić information content (AvgIpc) is 3.22. The van der Waals surface area contributed by atoms with Gasteiger partial charge in [-0.1, -0.05) is 0 Å². The normalized spacial score (nSPS) is 11.8. The van der Waals surface area contributed by atoms with E-state index in [9.17, 15) is 0 Å². The topological polar surface area (TPSA) is 271 Å². The van der Waals surface area contributed by atoms with E-state index in [1.807, 2.05) is 0 Å². The monoisotopic (exact) mass is 844 g/mol. The van der Waals surface area contributed by atoms with Gasteiger partial charge in [-0.2, -0.15) is 0 Å². The Kier molecular flexibility index (Phi) is 52.4. The fourth-order valence-electron chi connectivity index (χ4n) is 4.13. The molecule has 0 rings (SSSR count). The van der Waals surface area contributed by atoms with Gasteiger partial charge in [0.25, 0.3) is 0 Å². The van der Waals surface area contributed by atoms with Crippen molar-refractivity contribution in [3.63, 3.8) is 0 Å². The fourth-order valence-corrected chi connectivity index (χ4v) is 4.13. The lowest BCUT2D eigenvalue weighted by Gasteiger charge is -2.33. The van der Waals surface area contributed by atoms with Gasteiger partial charge in [0.15, 0.2) is 0 Å². The molecule has 346 valence electrons. The number of ether oxygens (including phenoxy) is 14. The van der Waals surface area contributed by atoms with Gasteiger partial charge in [-0.15, -0.1) is 0 Å². The second-order valence-electron chi connectivity index (χ2n) is 11.7. The summed E-state index contributed by atoms with van der Waals surface area (Å²) in [5, 5.41) is 61.0. The molecule has 0 amide bonds.